The van der Waals surface area contributed by atoms with E-state index in [0.29, 0.717) is 61.0 Å². The highest BCUT2D eigenvalue weighted by Crippen LogP contribution is 2.51. The summed E-state index contributed by atoms with van der Waals surface area (Å²) in [6, 6.07) is 1.63. The molecule has 224 valence electrons. The van der Waals surface area contributed by atoms with Gasteiger partial charge in [0, 0.05) is 50.1 Å². The first-order valence-electron chi connectivity index (χ1n) is 14.9. The molecule has 3 heterocycles. The fourth-order valence-corrected chi connectivity index (χ4v) is 6.30. The number of hydrogen-bond acceptors (Lipinski definition) is 6. The van der Waals surface area contributed by atoms with Crippen molar-refractivity contribution in [1.82, 2.24) is 24.8 Å². The first-order chi connectivity index (χ1) is 20.9. The molecule has 1 saturated heterocycles. The Hall–Kier alpha value is -3.92. The number of allylic oxidation sites excluding steroid dienone is 4. The minimum atomic E-state index is -0.390. The molecular weight excluding hydrogens is 569 g/mol. The van der Waals surface area contributed by atoms with Crippen LogP contribution in [0.3, 0.4) is 0 Å². The van der Waals surface area contributed by atoms with E-state index in [1.165, 1.54) is 17.1 Å². The minimum Gasteiger partial charge on any atom is -0.350 e. The number of amidine groups is 1. The van der Waals surface area contributed by atoms with Gasteiger partial charge in [-0.15, -0.1) is 0 Å². The number of hydrogen-bond donors (Lipinski definition) is 0. The molecule has 43 heavy (non-hydrogen) atoms. The average molecular weight is 604 g/mol. The average Bonchev–Trinajstić information content (AvgIpc) is 3.93. The van der Waals surface area contributed by atoms with Gasteiger partial charge in [0.05, 0.1) is 33.4 Å². The Morgan fingerprint density at radius 1 is 1.14 bits per heavy atom. The van der Waals surface area contributed by atoms with Crippen LogP contribution < -0.4 is 4.90 Å². The molecule has 6 rings (SSSR count). The maximum Gasteiger partial charge on any atom is 0.246 e. The lowest BCUT2D eigenvalue weighted by Crippen LogP contribution is -2.55. The zero-order chi connectivity index (χ0) is 30.2. The molecule has 11 heteroatoms. The Bertz CT molecular complexity index is 1530. The molecule has 2 aromatic rings. The summed E-state index contributed by atoms with van der Waals surface area (Å²) in [6.45, 7) is 7.10. The van der Waals surface area contributed by atoms with Crippen molar-refractivity contribution >= 4 is 46.8 Å². The van der Waals surface area contributed by atoms with Crippen LogP contribution in [0.15, 0.2) is 48.0 Å². The first kappa shape index (κ1) is 29.2. The van der Waals surface area contributed by atoms with Gasteiger partial charge in [0.25, 0.3) is 0 Å². The van der Waals surface area contributed by atoms with E-state index in [9.17, 15) is 9.59 Å². The second kappa shape index (κ2) is 12.0. The van der Waals surface area contributed by atoms with Gasteiger partial charge in [-0.25, -0.2) is 19.3 Å². The van der Waals surface area contributed by atoms with Gasteiger partial charge in [0.2, 0.25) is 12.3 Å². The molecule has 3 fully saturated rings. The van der Waals surface area contributed by atoms with E-state index >= 15 is 4.39 Å². The molecule has 2 amide bonds. The monoisotopic (exact) mass is 603 g/mol. The van der Waals surface area contributed by atoms with Crippen LogP contribution in [0.25, 0.3) is 5.57 Å². The van der Waals surface area contributed by atoms with Gasteiger partial charge in [-0.2, -0.15) is 0 Å². The quantitative estimate of drug-likeness (QED) is 0.166. The molecule has 1 atom stereocenters. The van der Waals surface area contributed by atoms with E-state index in [4.69, 9.17) is 16.6 Å². The third kappa shape index (κ3) is 5.60. The van der Waals surface area contributed by atoms with Gasteiger partial charge >= 0.3 is 0 Å². The van der Waals surface area contributed by atoms with Crippen molar-refractivity contribution in [3.05, 3.63) is 70.7 Å². The van der Waals surface area contributed by atoms with Crippen LogP contribution in [-0.2, 0) is 9.59 Å². The number of carbonyl (C=O) groups is 2. The van der Waals surface area contributed by atoms with Crippen molar-refractivity contribution < 1.29 is 14.0 Å². The van der Waals surface area contributed by atoms with E-state index in [-0.39, 0.29) is 34.5 Å². The Kier molecular flexibility index (Phi) is 8.13. The molecule has 3 aliphatic carbocycles. The number of pyridine rings is 1. The van der Waals surface area contributed by atoms with Gasteiger partial charge < -0.3 is 9.80 Å². The van der Waals surface area contributed by atoms with Crippen molar-refractivity contribution in [3.63, 3.8) is 0 Å². The number of rotatable bonds is 8. The molecule has 0 bridgehead atoms. The van der Waals surface area contributed by atoms with Crippen LogP contribution in [0, 0.1) is 0 Å². The van der Waals surface area contributed by atoms with Crippen LogP contribution in [0.2, 0.25) is 5.02 Å². The van der Waals surface area contributed by atoms with Crippen molar-refractivity contribution in [2.75, 3.05) is 31.6 Å². The predicted molar refractivity (Wildman–Crippen MR) is 165 cm³/mol. The molecule has 0 spiro atoms. The lowest BCUT2D eigenvalue weighted by Gasteiger charge is -2.41. The fraction of sp³-hybridized carbons (Fsp3) is 0.438. The SMILES string of the molecule is C=CC(=O)N1CCN(/C(=N/C)c2cc(Cl)c(C3=CCCC=C3F)nc2N(C=O)c2c(C3CC3)ncnc2C2CC2)C(C)C1. The summed E-state index contributed by atoms with van der Waals surface area (Å²) >= 11 is 6.87. The third-order valence-corrected chi connectivity index (χ3v) is 8.82. The number of amides is 2. The minimum absolute atomic E-state index is 0.0992. The van der Waals surface area contributed by atoms with Crippen LogP contribution in [-0.4, -0.2) is 75.6 Å². The van der Waals surface area contributed by atoms with Gasteiger partial charge in [0.1, 0.15) is 18.0 Å². The molecule has 1 unspecified atom stereocenters. The number of aliphatic imine (C=N–C) groups is 1. The Labute approximate surface area is 255 Å². The highest BCUT2D eigenvalue weighted by Gasteiger charge is 2.39. The van der Waals surface area contributed by atoms with E-state index in [0.717, 1.165) is 43.5 Å². The van der Waals surface area contributed by atoms with E-state index in [1.807, 2.05) is 6.92 Å². The summed E-state index contributed by atoms with van der Waals surface area (Å²) in [5.74, 6) is 0.841. The number of anilines is 2. The van der Waals surface area contributed by atoms with Gasteiger partial charge in [0.15, 0.2) is 5.82 Å². The normalized spacial score (nSPS) is 20.8. The first-order valence-corrected chi connectivity index (χ1v) is 15.3. The summed E-state index contributed by atoms with van der Waals surface area (Å²) in [5.41, 5.74) is 3.43. The molecule has 4 aliphatic rings. The molecule has 0 aromatic carbocycles. The number of halogens is 2. The summed E-state index contributed by atoms with van der Waals surface area (Å²) in [5, 5.41) is 0.254. The number of carbonyl (C=O) groups excluding carboxylic acids is 2. The van der Waals surface area contributed by atoms with E-state index in [1.54, 1.807) is 30.4 Å². The van der Waals surface area contributed by atoms with Crippen molar-refractivity contribution in [1.29, 1.82) is 0 Å². The molecule has 2 saturated carbocycles. The lowest BCUT2D eigenvalue weighted by molar-refractivity contribution is -0.128. The summed E-state index contributed by atoms with van der Waals surface area (Å²) in [6.07, 6.45) is 12.2. The molecule has 0 radical (unpaired) electrons. The number of aromatic nitrogens is 3. The predicted octanol–water partition coefficient (Wildman–Crippen LogP) is 5.70. The summed E-state index contributed by atoms with van der Waals surface area (Å²) in [4.78, 5) is 49.8. The fourth-order valence-electron chi connectivity index (χ4n) is 6.05. The van der Waals surface area contributed by atoms with Gasteiger partial charge in [-0.05, 0) is 63.7 Å². The highest BCUT2D eigenvalue weighted by molar-refractivity contribution is 6.33. The maximum atomic E-state index is 15.1. The summed E-state index contributed by atoms with van der Waals surface area (Å²) in [7, 11) is 1.68. The van der Waals surface area contributed by atoms with Crippen molar-refractivity contribution in [2.45, 2.75) is 63.3 Å². The Morgan fingerprint density at radius 2 is 1.81 bits per heavy atom. The van der Waals surface area contributed by atoms with E-state index in [2.05, 4.69) is 26.4 Å². The Morgan fingerprint density at radius 3 is 2.37 bits per heavy atom. The maximum absolute atomic E-state index is 15.1. The molecule has 1 aliphatic heterocycles. The Balaban J connectivity index is 1.52. The lowest BCUT2D eigenvalue weighted by atomic mass is 10.0. The summed E-state index contributed by atoms with van der Waals surface area (Å²) < 4.78 is 15.1. The largest absolute Gasteiger partial charge is 0.350 e. The molecule has 9 nitrogen and oxygen atoms in total. The van der Waals surface area contributed by atoms with E-state index < -0.39 is 5.83 Å². The highest BCUT2D eigenvalue weighted by atomic mass is 35.5. The second-order valence-electron chi connectivity index (χ2n) is 11.5. The molecular formula is C32H35ClFN7O2. The topological polar surface area (TPSA) is 94.9 Å². The van der Waals surface area contributed by atoms with Crippen molar-refractivity contribution in [3.8, 4) is 0 Å². The third-order valence-electron chi connectivity index (χ3n) is 8.53. The number of nitrogens with zero attached hydrogens (tertiary/aromatic N) is 7. The molecule has 2 aromatic heterocycles. The van der Waals surface area contributed by atoms with Crippen molar-refractivity contribution in [2.24, 2.45) is 4.99 Å². The molecule has 0 N–H and O–H groups in total. The zero-order valence-electron chi connectivity index (χ0n) is 24.5. The zero-order valence-corrected chi connectivity index (χ0v) is 25.2. The van der Waals surface area contributed by atoms with Crippen LogP contribution >= 0.6 is 11.6 Å². The smallest absolute Gasteiger partial charge is 0.246 e. The van der Waals surface area contributed by atoms with Crippen LogP contribution in [0.5, 0.6) is 0 Å². The van der Waals surface area contributed by atoms with Gasteiger partial charge in [-0.1, -0.05) is 24.3 Å². The second-order valence-corrected chi connectivity index (χ2v) is 11.9. The standard InChI is InChI=1S/C32H35ClFN7O2/c1-4-26(43)39-13-14-40(19(2)16-39)31(35-3)23-15-24(33)29(22-7-5-6-8-25(22)34)38-32(23)41(18-42)30-27(20-9-10-20)36-17-37-28(30)21-11-12-21/h4,7-8,15,17-21H,1,5-6,9-14,16H2,2-3H3/b35-31+. The number of piperazine rings is 1. The van der Waals surface area contributed by atoms with Crippen LogP contribution in [0.4, 0.5) is 15.9 Å². The van der Waals surface area contributed by atoms with Crippen LogP contribution in [0.1, 0.15) is 79.9 Å². The van der Waals surface area contributed by atoms with Gasteiger partial charge in [-0.3, -0.25) is 19.5 Å².